The summed E-state index contributed by atoms with van der Waals surface area (Å²) in [4.78, 5) is 25.9. The van der Waals surface area contributed by atoms with Crippen molar-refractivity contribution in [2.24, 2.45) is 0 Å². The molecular weight excluding hydrogens is 434 g/mol. The number of sulfonamides is 1. The lowest BCUT2D eigenvalue weighted by atomic mass is 10.2. The maximum Gasteiger partial charge on any atom is 0.338 e. The first kappa shape index (κ1) is 23.4. The molecule has 1 fully saturated rings. The summed E-state index contributed by atoms with van der Waals surface area (Å²) in [7, 11) is -3.74. The average Bonchev–Trinajstić information content (AvgIpc) is 3.34. The topological polar surface area (TPSA) is 126 Å². The number of nitriles is 1. The summed E-state index contributed by atoms with van der Waals surface area (Å²) < 4.78 is 37.8. The van der Waals surface area contributed by atoms with Crippen LogP contribution in [0.2, 0.25) is 0 Å². The van der Waals surface area contributed by atoms with Crippen molar-refractivity contribution < 1.29 is 27.5 Å². The van der Waals surface area contributed by atoms with Gasteiger partial charge in [-0.05, 0) is 49.2 Å². The number of nitrogens with one attached hydrogen (secondary N) is 1. The molecule has 1 aliphatic heterocycles. The molecular formula is C22H23N3O6S. The molecule has 0 saturated carbocycles. The van der Waals surface area contributed by atoms with Crippen molar-refractivity contribution >= 4 is 27.6 Å². The van der Waals surface area contributed by atoms with E-state index in [0.29, 0.717) is 12.3 Å². The number of hydrogen-bond donors (Lipinski definition) is 1. The number of benzene rings is 2. The van der Waals surface area contributed by atoms with Gasteiger partial charge in [0.05, 0.1) is 22.6 Å². The van der Waals surface area contributed by atoms with Gasteiger partial charge in [0.1, 0.15) is 6.54 Å². The molecule has 3 rings (SSSR count). The van der Waals surface area contributed by atoms with Gasteiger partial charge in [-0.1, -0.05) is 18.2 Å². The molecule has 1 amide bonds. The van der Waals surface area contributed by atoms with Gasteiger partial charge in [0.25, 0.3) is 5.91 Å². The van der Waals surface area contributed by atoms with Crippen LogP contribution in [0.25, 0.3) is 0 Å². The Bertz CT molecular complexity index is 1070. The molecule has 9 nitrogen and oxygen atoms in total. The average molecular weight is 458 g/mol. The third-order valence-electron chi connectivity index (χ3n) is 4.85. The summed E-state index contributed by atoms with van der Waals surface area (Å²) >= 11 is 0. The number of carbonyl (C=O) groups is 2. The predicted molar refractivity (Wildman–Crippen MR) is 115 cm³/mol. The van der Waals surface area contributed by atoms with Gasteiger partial charge in [-0.25, -0.2) is 17.9 Å². The van der Waals surface area contributed by atoms with E-state index in [1.54, 1.807) is 30.3 Å². The van der Waals surface area contributed by atoms with Gasteiger partial charge in [-0.15, -0.1) is 0 Å². The predicted octanol–water partition coefficient (Wildman–Crippen LogP) is 1.86. The molecule has 1 saturated heterocycles. The van der Waals surface area contributed by atoms with Crippen molar-refractivity contribution in [1.29, 1.82) is 5.26 Å². The standard InChI is InChI=1S/C22H23N3O6S/c23-12-13-25(18-5-2-1-3-6-18)21(26)16-31-22(27)17-8-10-20(11-9-17)32(28,29)24-15-19-7-4-14-30-19/h1-3,5-6,8-11,19,24H,4,7,13-16H2. The number of hydrogen-bond acceptors (Lipinski definition) is 7. The highest BCUT2D eigenvalue weighted by Gasteiger charge is 2.21. The lowest BCUT2D eigenvalue weighted by molar-refractivity contribution is -0.121. The molecule has 1 heterocycles. The third-order valence-corrected chi connectivity index (χ3v) is 6.29. The Morgan fingerprint density at radius 1 is 1.16 bits per heavy atom. The minimum Gasteiger partial charge on any atom is -0.452 e. The molecule has 0 bridgehead atoms. The van der Waals surface area contributed by atoms with E-state index in [1.807, 2.05) is 6.07 Å². The molecule has 0 spiro atoms. The van der Waals surface area contributed by atoms with E-state index in [9.17, 15) is 18.0 Å². The summed E-state index contributed by atoms with van der Waals surface area (Å²) in [5, 5.41) is 8.98. The highest BCUT2D eigenvalue weighted by Crippen LogP contribution is 2.16. The van der Waals surface area contributed by atoms with Crippen LogP contribution in [0.5, 0.6) is 0 Å². The van der Waals surface area contributed by atoms with Gasteiger partial charge in [0.2, 0.25) is 10.0 Å². The van der Waals surface area contributed by atoms with Crippen molar-refractivity contribution in [1.82, 2.24) is 4.72 Å². The van der Waals surface area contributed by atoms with Gasteiger partial charge in [0, 0.05) is 18.8 Å². The number of nitrogens with zero attached hydrogens (tertiary/aromatic N) is 2. The molecule has 168 valence electrons. The number of rotatable bonds is 9. The molecule has 2 aromatic carbocycles. The van der Waals surface area contributed by atoms with Crippen LogP contribution in [-0.4, -0.2) is 52.7 Å². The first-order chi connectivity index (χ1) is 15.4. The molecule has 0 aromatic heterocycles. The summed E-state index contributed by atoms with van der Waals surface area (Å²) in [6, 6.07) is 15.7. The van der Waals surface area contributed by atoms with Crippen LogP contribution in [-0.2, 0) is 24.3 Å². The summed E-state index contributed by atoms with van der Waals surface area (Å²) in [6.07, 6.45) is 1.58. The van der Waals surface area contributed by atoms with E-state index in [4.69, 9.17) is 14.7 Å². The molecule has 32 heavy (non-hydrogen) atoms. The lowest BCUT2D eigenvalue weighted by Gasteiger charge is -2.19. The molecule has 10 heteroatoms. The van der Waals surface area contributed by atoms with Crippen molar-refractivity contribution in [2.45, 2.75) is 23.8 Å². The zero-order valence-electron chi connectivity index (χ0n) is 17.3. The maximum atomic E-state index is 12.4. The van der Waals surface area contributed by atoms with Crippen molar-refractivity contribution in [3.05, 3.63) is 60.2 Å². The van der Waals surface area contributed by atoms with Crippen LogP contribution in [0.3, 0.4) is 0 Å². The molecule has 2 aromatic rings. The largest absolute Gasteiger partial charge is 0.452 e. The number of carbonyl (C=O) groups excluding carboxylic acids is 2. The highest BCUT2D eigenvalue weighted by atomic mass is 32.2. The van der Waals surface area contributed by atoms with Gasteiger partial charge < -0.3 is 9.47 Å². The Kier molecular flexibility index (Phi) is 7.94. The summed E-state index contributed by atoms with van der Waals surface area (Å²) in [5.41, 5.74) is 0.614. The second kappa shape index (κ2) is 10.9. The molecule has 1 atom stereocenters. The van der Waals surface area contributed by atoms with Crippen LogP contribution in [0.1, 0.15) is 23.2 Å². The van der Waals surface area contributed by atoms with E-state index >= 15 is 0 Å². The van der Waals surface area contributed by atoms with Crippen LogP contribution in [0.15, 0.2) is 59.5 Å². The normalized spacial score (nSPS) is 15.7. The highest BCUT2D eigenvalue weighted by molar-refractivity contribution is 7.89. The van der Waals surface area contributed by atoms with Crippen molar-refractivity contribution in [3.63, 3.8) is 0 Å². The Morgan fingerprint density at radius 2 is 1.88 bits per heavy atom. The zero-order valence-corrected chi connectivity index (χ0v) is 18.1. The maximum absolute atomic E-state index is 12.4. The zero-order chi connectivity index (χ0) is 23.0. The Balaban J connectivity index is 1.57. The monoisotopic (exact) mass is 457 g/mol. The molecule has 1 unspecified atom stereocenters. The Labute approximate surface area is 186 Å². The van der Waals surface area contributed by atoms with E-state index < -0.39 is 28.5 Å². The smallest absolute Gasteiger partial charge is 0.338 e. The van der Waals surface area contributed by atoms with Crippen molar-refractivity contribution in [2.75, 3.05) is 31.2 Å². The summed E-state index contributed by atoms with van der Waals surface area (Å²) in [5.74, 6) is -1.33. The minimum absolute atomic E-state index is 0.00685. The fraction of sp³-hybridized carbons (Fsp3) is 0.318. The molecule has 0 radical (unpaired) electrons. The lowest BCUT2D eigenvalue weighted by Crippen LogP contribution is -2.35. The van der Waals surface area contributed by atoms with Crippen LogP contribution in [0.4, 0.5) is 5.69 Å². The van der Waals surface area contributed by atoms with E-state index in [0.717, 1.165) is 12.8 Å². The second-order valence-electron chi connectivity index (χ2n) is 7.06. The fourth-order valence-electron chi connectivity index (χ4n) is 3.15. The van der Waals surface area contributed by atoms with Gasteiger partial charge >= 0.3 is 5.97 Å². The number of para-hydroxylation sites is 1. The number of amides is 1. The quantitative estimate of drug-likeness (QED) is 0.450. The van der Waals surface area contributed by atoms with E-state index in [1.165, 1.54) is 29.2 Å². The number of anilines is 1. The minimum atomic E-state index is -3.74. The van der Waals surface area contributed by atoms with Gasteiger partial charge in [-0.2, -0.15) is 5.26 Å². The molecule has 1 aliphatic rings. The van der Waals surface area contributed by atoms with Gasteiger partial charge in [0.15, 0.2) is 6.61 Å². The van der Waals surface area contributed by atoms with E-state index in [-0.39, 0.29) is 29.7 Å². The third kappa shape index (κ3) is 6.13. The second-order valence-corrected chi connectivity index (χ2v) is 8.83. The Morgan fingerprint density at radius 3 is 2.50 bits per heavy atom. The fourth-order valence-corrected chi connectivity index (χ4v) is 4.22. The Hall–Kier alpha value is -3.26. The SMILES string of the molecule is N#CCN(C(=O)COC(=O)c1ccc(S(=O)(=O)NCC2CCCO2)cc1)c1ccccc1. The van der Waals surface area contributed by atoms with Crippen LogP contribution >= 0.6 is 0 Å². The number of esters is 1. The summed E-state index contributed by atoms with van der Waals surface area (Å²) in [6.45, 7) is 0.0738. The van der Waals surface area contributed by atoms with E-state index in [2.05, 4.69) is 4.72 Å². The van der Waals surface area contributed by atoms with Crippen molar-refractivity contribution in [3.8, 4) is 6.07 Å². The first-order valence-corrected chi connectivity index (χ1v) is 11.5. The molecule has 1 N–H and O–H groups in total. The van der Waals surface area contributed by atoms with Gasteiger partial charge in [-0.3, -0.25) is 9.69 Å². The number of ether oxygens (including phenoxy) is 2. The van der Waals surface area contributed by atoms with Crippen LogP contribution in [0, 0.1) is 11.3 Å². The molecule has 0 aliphatic carbocycles. The van der Waals surface area contributed by atoms with Crippen LogP contribution < -0.4 is 9.62 Å². The first-order valence-electron chi connectivity index (χ1n) is 10.0.